The Morgan fingerprint density at radius 3 is 2.43 bits per heavy atom. The number of nitrogens with zero attached hydrogens (tertiary/aromatic N) is 1. The first-order chi connectivity index (χ1) is 10.9. The van der Waals surface area contributed by atoms with Crippen molar-refractivity contribution >= 4 is 21.5 Å². The second-order valence-electron chi connectivity index (χ2n) is 5.72. The number of ketones is 1. The fourth-order valence-corrected chi connectivity index (χ4v) is 4.37. The van der Waals surface area contributed by atoms with Gasteiger partial charge in [-0.1, -0.05) is 19.1 Å². The number of hydrogen-bond acceptors (Lipinski definition) is 3. The molecule has 1 aliphatic heterocycles. The number of Topliss-reactive ketones (excluding diaryl/α,β-unsaturated/α-hetero) is 1. The third-order valence-corrected chi connectivity index (χ3v) is 6.09. The van der Waals surface area contributed by atoms with Crippen LogP contribution in [0.4, 0.5) is 5.69 Å². The molecule has 0 radical (unpaired) electrons. The van der Waals surface area contributed by atoms with Crippen LogP contribution in [-0.4, -0.2) is 20.7 Å². The van der Waals surface area contributed by atoms with Crippen molar-refractivity contribution in [1.29, 1.82) is 0 Å². The number of hydrogen-bond donors (Lipinski definition) is 0. The van der Waals surface area contributed by atoms with E-state index in [4.69, 9.17) is 0 Å². The molecule has 0 bridgehead atoms. The van der Waals surface area contributed by atoms with Gasteiger partial charge in [0.25, 0.3) is 10.0 Å². The molecule has 1 heterocycles. The van der Waals surface area contributed by atoms with Gasteiger partial charge in [0, 0.05) is 12.1 Å². The van der Waals surface area contributed by atoms with E-state index in [0.717, 1.165) is 17.5 Å². The van der Waals surface area contributed by atoms with Crippen LogP contribution in [0.5, 0.6) is 0 Å². The Morgan fingerprint density at radius 1 is 1.13 bits per heavy atom. The maximum Gasteiger partial charge on any atom is 0.264 e. The molecule has 0 atom stereocenters. The number of carbonyl (C=O) groups is 1. The fraction of sp³-hybridized carbons (Fsp3) is 0.278. The molecule has 0 unspecified atom stereocenters. The van der Waals surface area contributed by atoms with Gasteiger partial charge in [0.15, 0.2) is 5.78 Å². The molecule has 23 heavy (non-hydrogen) atoms. The van der Waals surface area contributed by atoms with Crippen LogP contribution < -0.4 is 4.31 Å². The molecule has 3 rings (SSSR count). The van der Waals surface area contributed by atoms with Crippen molar-refractivity contribution in [2.24, 2.45) is 0 Å². The Labute approximate surface area is 136 Å². The van der Waals surface area contributed by atoms with Gasteiger partial charge in [-0.2, -0.15) is 0 Å². The topological polar surface area (TPSA) is 54.5 Å². The van der Waals surface area contributed by atoms with Crippen molar-refractivity contribution in [3.8, 4) is 0 Å². The zero-order chi connectivity index (χ0) is 16.6. The molecule has 2 aromatic carbocycles. The van der Waals surface area contributed by atoms with Gasteiger partial charge in [-0.05, 0) is 61.2 Å². The zero-order valence-corrected chi connectivity index (χ0v) is 14.1. The van der Waals surface area contributed by atoms with Crippen molar-refractivity contribution in [2.75, 3.05) is 10.8 Å². The van der Waals surface area contributed by atoms with Crippen LogP contribution in [-0.2, 0) is 22.9 Å². The van der Waals surface area contributed by atoms with Gasteiger partial charge < -0.3 is 0 Å². The maximum absolute atomic E-state index is 12.9. The minimum absolute atomic E-state index is 0.00994. The van der Waals surface area contributed by atoms with Crippen molar-refractivity contribution in [2.45, 2.75) is 31.6 Å². The van der Waals surface area contributed by atoms with E-state index in [1.807, 2.05) is 19.1 Å². The normalized spacial score (nSPS) is 13.9. The van der Waals surface area contributed by atoms with Crippen molar-refractivity contribution in [1.82, 2.24) is 0 Å². The number of aryl methyl sites for hydroxylation is 1. The van der Waals surface area contributed by atoms with Gasteiger partial charge in [0.1, 0.15) is 0 Å². The lowest BCUT2D eigenvalue weighted by Gasteiger charge is -2.20. The second-order valence-corrected chi connectivity index (χ2v) is 7.59. The quantitative estimate of drug-likeness (QED) is 0.810. The first-order valence-electron chi connectivity index (χ1n) is 7.69. The Kier molecular flexibility index (Phi) is 3.98. The van der Waals surface area contributed by atoms with E-state index >= 15 is 0 Å². The first-order valence-corrected chi connectivity index (χ1v) is 9.13. The van der Waals surface area contributed by atoms with Crippen LogP contribution in [0, 0.1) is 0 Å². The molecule has 5 heteroatoms. The van der Waals surface area contributed by atoms with Crippen LogP contribution >= 0.6 is 0 Å². The van der Waals surface area contributed by atoms with E-state index < -0.39 is 10.0 Å². The minimum atomic E-state index is -3.56. The molecule has 0 saturated carbocycles. The van der Waals surface area contributed by atoms with Crippen LogP contribution in [0.3, 0.4) is 0 Å². The van der Waals surface area contributed by atoms with E-state index in [-0.39, 0.29) is 5.78 Å². The number of benzene rings is 2. The molecule has 120 valence electrons. The summed E-state index contributed by atoms with van der Waals surface area (Å²) in [5.74, 6) is -0.00994. The van der Waals surface area contributed by atoms with Gasteiger partial charge >= 0.3 is 0 Å². The third-order valence-electron chi connectivity index (χ3n) is 4.26. The van der Waals surface area contributed by atoms with Crippen molar-refractivity contribution in [3.63, 3.8) is 0 Å². The number of fused-ring (bicyclic) bond motifs is 1. The van der Waals surface area contributed by atoms with Crippen LogP contribution in [0.25, 0.3) is 0 Å². The summed E-state index contributed by atoms with van der Waals surface area (Å²) in [6.45, 7) is 3.96. The highest BCUT2D eigenvalue weighted by Crippen LogP contribution is 2.33. The lowest BCUT2D eigenvalue weighted by atomic mass is 10.1. The SMILES string of the molecule is CCc1ccc(S(=O)(=O)N2CCc3cc(C(C)=O)ccc32)cc1. The molecule has 0 saturated heterocycles. The Bertz CT molecular complexity index is 854. The summed E-state index contributed by atoms with van der Waals surface area (Å²) in [4.78, 5) is 11.8. The Balaban J connectivity index is 1.98. The molecule has 2 aromatic rings. The summed E-state index contributed by atoms with van der Waals surface area (Å²) < 4.78 is 27.2. The van der Waals surface area contributed by atoms with Crippen LogP contribution in [0.15, 0.2) is 47.4 Å². The molecule has 4 nitrogen and oxygen atoms in total. The first kappa shape index (κ1) is 15.7. The highest BCUT2D eigenvalue weighted by Gasteiger charge is 2.31. The Morgan fingerprint density at radius 2 is 1.83 bits per heavy atom. The average molecular weight is 329 g/mol. The summed E-state index contributed by atoms with van der Waals surface area (Å²) in [5.41, 5.74) is 3.31. The van der Waals surface area contributed by atoms with Crippen LogP contribution in [0.1, 0.15) is 35.3 Å². The number of carbonyl (C=O) groups excluding carboxylic acids is 1. The second kappa shape index (κ2) is 5.81. The molecule has 0 aliphatic carbocycles. The molecule has 0 spiro atoms. The van der Waals surface area contributed by atoms with E-state index in [9.17, 15) is 13.2 Å². The highest BCUT2D eigenvalue weighted by atomic mass is 32.2. The predicted molar refractivity (Wildman–Crippen MR) is 90.5 cm³/mol. The minimum Gasteiger partial charge on any atom is -0.295 e. The summed E-state index contributed by atoms with van der Waals surface area (Å²) in [6, 6.07) is 12.2. The third kappa shape index (κ3) is 2.77. The number of sulfonamides is 1. The fourth-order valence-electron chi connectivity index (χ4n) is 2.86. The summed E-state index contributed by atoms with van der Waals surface area (Å²) in [7, 11) is -3.56. The van der Waals surface area contributed by atoms with Gasteiger partial charge in [-0.15, -0.1) is 0 Å². The van der Waals surface area contributed by atoms with E-state index in [1.165, 1.54) is 11.2 Å². The van der Waals surface area contributed by atoms with Gasteiger partial charge in [0.05, 0.1) is 10.6 Å². The lowest BCUT2D eigenvalue weighted by molar-refractivity contribution is 0.101. The predicted octanol–water partition coefficient (Wildman–Crippen LogP) is 3.20. The summed E-state index contributed by atoms with van der Waals surface area (Å²) in [5, 5.41) is 0. The van der Waals surface area contributed by atoms with Gasteiger partial charge in [0.2, 0.25) is 0 Å². The summed E-state index contributed by atoms with van der Waals surface area (Å²) in [6.07, 6.45) is 1.50. The highest BCUT2D eigenvalue weighted by molar-refractivity contribution is 7.92. The van der Waals surface area contributed by atoms with E-state index in [0.29, 0.717) is 29.1 Å². The number of anilines is 1. The molecule has 0 amide bonds. The van der Waals surface area contributed by atoms with Gasteiger partial charge in [-0.3, -0.25) is 9.10 Å². The zero-order valence-electron chi connectivity index (χ0n) is 13.2. The monoisotopic (exact) mass is 329 g/mol. The van der Waals surface area contributed by atoms with Crippen molar-refractivity contribution < 1.29 is 13.2 Å². The smallest absolute Gasteiger partial charge is 0.264 e. The molecule has 0 N–H and O–H groups in total. The van der Waals surface area contributed by atoms with Gasteiger partial charge in [-0.25, -0.2) is 8.42 Å². The molecule has 0 aromatic heterocycles. The maximum atomic E-state index is 12.9. The molecule has 0 fully saturated rings. The Hall–Kier alpha value is -2.14. The average Bonchev–Trinajstić information content (AvgIpc) is 2.98. The molecule has 1 aliphatic rings. The van der Waals surface area contributed by atoms with E-state index in [1.54, 1.807) is 30.3 Å². The molecular formula is C18H19NO3S. The van der Waals surface area contributed by atoms with Crippen LogP contribution in [0.2, 0.25) is 0 Å². The largest absolute Gasteiger partial charge is 0.295 e. The standard InChI is InChI=1S/C18H19NO3S/c1-3-14-4-7-17(8-5-14)23(21,22)19-11-10-16-12-15(13(2)20)6-9-18(16)19/h4-9,12H,3,10-11H2,1-2H3. The lowest BCUT2D eigenvalue weighted by Crippen LogP contribution is -2.29. The summed E-state index contributed by atoms with van der Waals surface area (Å²) >= 11 is 0. The molecular weight excluding hydrogens is 310 g/mol. The number of rotatable bonds is 4. The van der Waals surface area contributed by atoms with Crippen molar-refractivity contribution in [3.05, 3.63) is 59.2 Å². The van der Waals surface area contributed by atoms with E-state index in [2.05, 4.69) is 0 Å².